The first-order chi connectivity index (χ1) is 12.6. The van der Waals surface area contributed by atoms with Gasteiger partial charge in [-0.05, 0) is 49.4 Å². The minimum Gasteiger partial charge on any atom is -0.338 e. The van der Waals surface area contributed by atoms with Crippen molar-refractivity contribution in [1.29, 1.82) is 0 Å². The van der Waals surface area contributed by atoms with Crippen molar-refractivity contribution in [3.8, 4) is 11.4 Å². The number of carbonyl (C=O) groups excluding carboxylic acids is 1. The molecule has 0 saturated heterocycles. The molecule has 4 aromatic rings. The third-order valence-corrected chi connectivity index (χ3v) is 4.49. The fourth-order valence-electron chi connectivity index (χ4n) is 2.84. The monoisotopic (exact) mass is 361 g/mol. The van der Waals surface area contributed by atoms with Crippen LogP contribution < -0.4 is 5.32 Å². The van der Waals surface area contributed by atoms with E-state index in [1.54, 1.807) is 12.1 Å². The number of hydrogen-bond donors (Lipinski definition) is 2. The lowest BCUT2D eigenvalue weighted by molar-refractivity contribution is 0.102. The van der Waals surface area contributed by atoms with Gasteiger partial charge in [0.2, 0.25) is 0 Å². The molecule has 5 heteroatoms. The zero-order chi connectivity index (χ0) is 18.1. The van der Waals surface area contributed by atoms with Crippen molar-refractivity contribution in [2.75, 3.05) is 5.32 Å². The van der Waals surface area contributed by atoms with Gasteiger partial charge in [0, 0.05) is 11.1 Å². The summed E-state index contributed by atoms with van der Waals surface area (Å²) in [7, 11) is 0. The van der Waals surface area contributed by atoms with Crippen LogP contribution in [0.4, 0.5) is 5.69 Å². The van der Waals surface area contributed by atoms with Gasteiger partial charge >= 0.3 is 0 Å². The van der Waals surface area contributed by atoms with Gasteiger partial charge in [0.25, 0.3) is 5.91 Å². The number of nitrogens with one attached hydrogen (secondary N) is 2. The fraction of sp³-hybridized carbons (Fsp3) is 0.0476. The van der Waals surface area contributed by atoms with Crippen molar-refractivity contribution in [2.45, 2.75) is 6.92 Å². The number of amides is 1. The molecule has 0 spiro atoms. The quantitative estimate of drug-likeness (QED) is 0.510. The molecular weight excluding hydrogens is 346 g/mol. The van der Waals surface area contributed by atoms with Crippen molar-refractivity contribution in [3.05, 3.63) is 82.9 Å². The minimum absolute atomic E-state index is 0.197. The molecule has 128 valence electrons. The van der Waals surface area contributed by atoms with Crippen LogP contribution in [-0.4, -0.2) is 15.9 Å². The molecule has 1 aromatic heterocycles. The highest BCUT2D eigenvalue weighted by molar-refractivity contribution is 6.34. The molecule has 0 aliphatic carbocycles. The molecule has 0 unspecified atom stereocenters. The Bertz CT molecular complexity index is 1080. The summed E-state index contributed by atoms with van der Waals surface area (Å²) in [5.41, 5.74) is 4.88. The Morgan fingerprint density at radius 3 is 2.69 bits per heavy atom. The largest absolute Gasteiger partial charge is 0.338 e. The van der Waals surface area contributed by atoms with Crippen molar-refractivity contribution in [2.24, 2.45) is 0 Å². The molecule has 2 N–H and O–H groups in total. The highest BCUT2D eigenvalue weighted by atomic mass is 35.5. The van der Waals surface area contributed by atoms with E-state index in [2.05, 4.69) is 15.3 Å². The van der Waals surface area contributed by atoms with E-state index in [0.717, 1.165) is 28.0 Å². The van der Waals surface area contributed by atoms with Crippen LogP contribution in [-0.2, 0) is 0 Å². The van der Waals surface area contributed by atoms with Gasteiger partial charge < -0.3 is 10.3 Å². The number of aryl methyl sites for hydroxylation is 1. The number of halogens is 1. The van der Waals surface area contributed by atoms with Gasteiger partial charge in [-0.25, -0.2) is 4.98 Å². The number of nitrogens with zero attached hydrogens (tertiary/aromatic N) is 1. The van der Waals surface area contributed by atoms with E-state index < -0.39 is 0 Å². The van der Waals surface area contributed by atoms with Crippen LogP contribution >= 0.6 is 11.6 Å². The number of rotatable bonds is 3. The van der Waals surface area contributed by atoms with E-state index >= 15 is 0 Å². The van der Waals surface area contributed by atoms with Crippen LogP contribution in [0, 0.1) is 6.92 Å². The Morgan fingerprint density at radius 1 is 1.04 bits per heavy atom. The first-order valence-electron chi connectivity index (χ1n) is 8.23. The fourth-order valence-corrected chi connectivity index (χ4v) is 3.00. The van der Waals surface area contributed by atoms with Crippen molar-refractivity contribution < 1.29 is 4.79 Å². The lowest BCUT2D eigenvalue weighted by Crippen LogP contribution is -2.12. The summed E-state index contributed by atoms with van der Waals surface area (Å²) < 4.78 is 0. The lowest BCUT2D eigenvalue weighted by Gasteiger charge is -2.09. The Labute approximate surface area is 155 Å². The lowest BCUT2D eigenvalue weighted by atomic mass is 10.1. The van der Waals surface area contributed by atoms with E-state index in [-0.39, 0.29) is 5.91 Å². The number of aromatic amines is 1. The van der Waals surface area contributed by atoms with Gasteiger partial charge in [-0.2, -0.15) is 0 Å². The number of H-pyrrole nitrogens is 1. The second kappa shape index (κ2) is 6.65. The first kappa shape index (κ1) is 16.4. The molecule has 0 fully saturated rings. The highest BCUT2D eigenvalue weighted by Crippen LogP contribution is 2.29. The van der Waals surface area contributed by atoms with Gasteiger partial charge in [0.1, 0.15) is 5.82 Å². The van der Waals surface area contributed by atoms with Crippen molar-refractivity contribution in [3.63, 3.8) is 0 Å². The molecule has 4 rings (SSSR count). The molecule has 1 amide bonds. The number of fused-ring (bicyclic) bond motifs is 1. The topological polar surface area (TPSA) is 57.8 Å². The molecule has 4 nitrogen and oxygen atoms in total. The highest BCUT2D eigenvalue weighted by Gasteiger charge is 2.12. The van der Waals surface area contributed by atoms with E-state index in [1.165, 1.54) is 0 Å². The Balaban J connectivity index is 1.67. The van der Waals surface area contributed by atoms with Crippen LogP contribution in [0.1, 0.15) is 15.9 Å². The normalized spacial score (nSPS) is 10.8. The molecule has 0 saturated carbocycles. The molecular formula is C21H16ClN3O. The maximum atomic E-state index is 12.5. The summed E-state index contributed by atoms with van der Waals surface area (Å²) in [6.07, 6.45) is 0. The predicted molar refractivity (Wildman–Crippen MR) is 106 cm³/mol. The summed E-state index contributed by atoms with van der Waals surface area (Å²) in [6, 6.07) is 20.7. The number of aromatic nitrogens is 2. The van der Waals surface area contributed by atoms with Crippen LogP contribution in [0.2, 0.25) is 5.02 Å². The maximum Gasteiger partial charge on any atom is 0.255 e. The molecule has 3 aromatic carbocycles. The zero-order valence-corrected chi connectivity index (χ0v) is 14.8. The standard InChI is InChI=1S/C21H16ClN3O/c1-13-5-4-6-15(11-13)21(26)25-19-12-14(9-10-16(19)22)20-23-17-7-2-3-8-18(17)24-20/h2-12H,1H3,(H,23,24)(H,25,26). The summed E-state index contributed by atoms with van der Waals surface area (Å²) in [6.45, 7) is 1.95. The second-order valence-corrected chi connectivity index (χ2v) is 6.53. The second-order valence-electron chi connectivity index (χ2n) is 6.12. The van der Waals surface area contributed by atoms with E-state index in [9.17, 15) is 4.79 Å². The number of benzene rings is 3. The van der Waals surface area contributed by atoms with Gasteiger partial charge in [-0.1, -0.05) is 41.4 Å². The molecule has 0 atom stereocenters. The van der Waals surface area contributed by atoms with E-state index in [0.29, 0.717) is 16.3 Å². The third-order valence-electron chi connectivity index (χ3n) is 4.16. The molecule has 0 bridgehead atoms. The Kier molecular flexibility index (Phi) is 4.19. The smallest absolute Gasteiger partial charge is 0.255 e. The van der Waals surface area contributed by atoms with Crippen LogP contribution in [0.15, 0.2) is 66.7 Å². The summed E-state index contributed by atoms with van der Waals surface area (Å²) in [5.74, 6) is 0.534. The average molecular weight is 362 g/mol. The van der Waals surface area contributed by atoms with Gasteiger partial charge in [-0.3, -0.25) is 4.79 Å². The minimum atomic E-state index is -0.197. The molecule has 0 aliphatic heterocycles. The van der Waals surface area contributed by atoms with Gasteiger partial charge in [0.05, 0.1) is 21.7 Å². The number of hydrogen-bond acceptors (Lipinski definition) is 2. The molecule has 1 heterocycles. The van der Waals surface area contributed by atoms with Crippen LogP contribution in [0.3, 0.4) is 0 Å². The predicted octanol–water partition coefficient (Wildman–Crippen LogP) is 5.44. The van der Waals surface area contributed by atoms with Crippen LogP contribution in [0.25, 0.3) is 22.4 Å². The average Bonchev–Trinajstić information content (AvgIpc) is 3.07. The molecule has 26 heavy (non-hydrogen) atoms. The number of para-hydroxylation sites is 2. The molecule has 0 aliphatic rings. The Hall–Kier alpha value is -3.11. The summed E-state index contributed by atoms with van der Waals surface area (Å²) in [5, 5.41) is 3.36. The number of carbonyl (C=O) groups is 1. The maximum absolute atomic E-state index is 12.5. The van der Waals surface area contributed by atoms with Gasteiger partial charge in [-0.15, -0.1) is 0 Å². The third kappa shape index (κ3) is 3.19. The van der Waals surface area contributed by atoms with Gasteiger partial charge in [0.15, 0.2) is 0 Å². The van der Waals surface area contributed by atoms with Crippen molar-refractivity contribution in [1.82, 2.24) is 9.97 Å². The summed E-state index contributed by atoms with van der Waals surface area (Å²) in [4.78, 5) is 20.4. The summed E-state index contributed by atoms with van der Waals surface area (Å²) >= 11 is 6.28. The van der Waals surface area contributed by atoms with Crippen molar-refractivity contribution >= 4 is 34.2 Å². The molecule has 0 radical (unpaired) electrons. The number of anilines is 1. The van der Waals surface area contributed by atoms with E-state index in [4.69, 9.17) is 11.6 Å². The Morgan fingerprint density at radius 2 is 1.88 bits per heavy atom. The van der Waals surface area contributed by atoms with E-state index in [1.807, 2.05) is 61.5 Å². The first-order valence-corrected chi connectivity index (χ1v) is 8.61. The van der Waals surface area contributed by atoms with Crippen LogP contribution in [0.5, 0.6) is 0 Å². The SMILES string of the molecule is Cc1cccc(C(=O)Nc2cc(-c3nc4ccccc4[nH]3)ccc2Cl)c1. The zero-order valence-electron chi connectivity index (χ0n) is 14.1. The number of imidazole rings is 1.